The van der Waals surface area contributed by atoms with Crippen molar-refractivity contribution >= 4 is 17.0 Å². The fourth-order valence-electron chi connectivity index (χ4n) is 2.53. The predicted molar refractivity (Wildman–Crippen MR) is 91.3 cm³/mol. The van der Waals surface area contributed by atoms with Gasteiger partial charge in [-0.25, -0.2) is 4.79 Å². The highest BCUT2D eigenvalue weighted by Gasteiger charge is 2.06. The molecule has 0 saturated heterocycles. The Morgan fingerprint density at radius 3 is 2.83 bits per heavy atom. The van der Waals surface area contributed by atoms with Gasteiger partial charge < -0.3 is 15.0 Å². The fourth-order valence-corrected chi connectivity index (χ4v) is 2.53. The molecule has 5 heteroatoms. The first kappa shape index (κ1) is 15.6. The van der Waals surface area contributed by atoms with Gasteiger partial charge in [0.1, 0.15) is 6.61 Å². The van der Waals surface area contributed by atoms with Gasteiger partial charge in [-0.1, -0.05) is 30.3 Å². The number of nitrogens with zero attached hydrogens (tertiary/aromatic N) is 1. The van der Waals surface area contributed by atoms with Gasteiger partial charge in [0.2, 0.25) is 0 Å². The molecule has 0 aliphatic heterocycles. The lowest BCUT2D eigenvalue weighted by Crippen LogP contribution is -2.26. The minimum atomic E-state index is -0.434. The summed E-state index contributed by atoms with van der Waals surface area (Å²) in [4.78, 5) is 14.9. The number of nitrogens with one attached hydrogen (secondary N) is 2. The average molecular weight is 319 g/mol. The maximum atomic E-state index is 11.7. The molecule has 1 heterocycles. The lowest BCUT2D eigenvalue weighted by atomic mass is 10.1. The van der Waals surface area contributed by atoms with Crippen molar-refractivity contribution in [2.24, 2.45) is 0 Å². The number of hydrogen-bond acceptors (Lipinski definition) is 3. The van der Waals surface area contributed by atoms with E-state index < -0.39 is 6.09 Å². The number of aromatic nitrogens is 1. The SMILES string of the molecule is N#Cc1ccc2[nH]cc(CCNC(=O)OCc3ccccc3)c2c1. The summed E-state index contributed by atoms with van der Waals surface area (Å²) in [6.45, 7) is 0.725. The molecule has 0 spiro atoms. The Morgan fingerprint density at radius 2 is 2.04 bits per heavy atom. The van der Waals surface area contributed by atoms with Crippen LogP contribution in [0.1, 0.15) is 16.7 Å². The molecule has 0 saturated carbocycles. The van der Waals surface area contributed by atoms with Gasteiger partial charge in [-0.3, -0.25) is 0 Å². The van der Waals surface area contributed by atoms with Gasteiger partial charge in [-0.15, -0.1) is 0 Å². The molecule has 3 aromatic rings. The summed E-state index contributed by atoms with van der Waals surface area (Å²) in [5.74, 6) is 0. The number of ether oxygens (including phenoxy) is 1. The maximum Gasteiger partial charge on any atom is 0.407 e. The number of carbonyl (C=O) groups is 1. The van der Waals surface area contributed by atoms with E-state index in [-0.39, 0.29) is 6.61 Å². The van der Waals surface area contributed by atoms with Crippen LogP contribution in [-0.4, -0.2) is 17.6 Å². The lowest BCUT2D eigenvalue weighted by Gasteiger charge is -2.07. The number of benzene rings is 2. The van der Waals surface area contributed by atoms with Crippen molar-refractivity contribution < 1.29 is 9.53 Å². The zero-order valence-corrected chi connectivity index (χ0v) is 13.1. The van der Waals surface area contributed by atoms with Crippen LogP contribution in [-0.2, 0) is 17.8 Å². The second-order valence-electron chi connectivity index (χ2n) is 5.42. The van der Waals surface area contributed by atoms with Crippen molar-refractivity contribution in [2.45, 2.75) is 13.0 Å². The van der Waals surface area contributed by atoms with Crippen LogP contribution in [0.5, 0.6) is 0 Å². The topological polar surface area (TPSA) is 77.9 Å². The Kier molecular flexibility index (Phi) is 4.78. The molecule has 0 aliphatic rings. The van der Waals surface area contributed by atoms with E-state index in [2.05, 4.69) is 16.4 Å². The average Bonchev–Trinajstić information content (AvgIpc) is 3.03. The summed E-state index contributed by atoms with van der Waals surface area (Å²) in [7, 11) is 0. The van der Waals surface area contributed by atoms with Crippen molar-refractivity contribution in [3.8, 4) is 6.07 Å². The van der Waals surface area contributed by atoms with Crippen molar-refractivity contribution in [3.05, 3.63) is 71.4 Å². The molecule has 2 N–H and O–H groups in total. The highest BCUT2D eigenvalue weighted by molar-refractivity contribution is 5.84. The van der Waals surface area contributed by atoms with Crippen LogP contribution in [0.4, 0.5) is 4.79 Å². The molecule has 0 atom stereocenters. The standard InChI is InChI=1S/C19H17N3O2/c20-11-15-6-7-18-17(10-15)16(12-22-18)8-9-21-19(23)24-13-14-4-2-1-3-5-14/h1-7,10,12,22H,8-9,13H2,(H,21,23). The van der Waals surface area contributed by atoms with E-state index in [1.165, 1.54) is 0 Å². The number of alkyl carbamates (subject to hydrolysis) is 1. The molecular weight excluding hydrogens is 302 g/mol. The van der Waals surface area contributed by atoms with Gasteiger partial charge in [-0.05, 0) is 35.7 Å². The number of carbonyl (C=O) groups excluding carboxylic acids is 1. The first-order valence-corrected chi connectivity index (χ1v) is 7.71. The number of hydrogen-bond donors (Lipinski definition) is 2. The molecule has 0 fully saturated rings. The second-order valence-corrected chi connectivity index (χ2v) is 5.42. The summed E-state index contributed by atoms with van der Waals surface area (Å²) in [6, 6.07) is 17.2. The second kappa shape index (κ2) is 7.34. The van der Waals surface area contributed by atoms with Crippen LogP contribution >= 0.6 is 0 Å². The summed E-state index contributed by atoms with van der Waals surface area (Å²) < 4.78 is 5.17. The number of fused-ring (bicyclic) bond motifs is 1. The smallest absolute Gasteiger partial charge is 0.407 e. The van der Waals surface area contributed by atoms with Crippen molar-refractivity contribution in [1.82, 2.24) is 10.3 Å². The largest absolute Gasteiger partial charge is 0.445 e. The van der Waals surface area contributed by atoms with Gasteiger partial charge >= 0.3 is 6.09 Å². The van der Waals surface area contributed by atoms with Crippen LogP contribution in [0.25, 0.3) is 10.9 Å². The van der Waals surface area contributed by atoms with Gasteiger partial charge in [0.25, 0.3) is 0 Å². The highest BCUT2D eigenvalue weighted by atomic mass is 16.5. The summed E-state index contributed by atoms with van der Waals surface area (Å²) in [5.41, 5.74) is 3.62. The minimum absolute atomic E-state index is 0.255. The molecule has 24 heavy (non-hydrogen) atoms. The Bertz CT molecular complexity index is 879. The third-order valence-corrected chi connectivity index (χ3v) is 3.77. The normalized spacial score (nSPS) is 10.3. The molecule has 120 valence electrons. The molecule has 1 aromatic heterocycles. The summed E-state index contributed by atoms with van der Waals surface area (Å²) in [5, 5.41) is 12.7. The van der Waals surface area contributed by atoms with Crippen LogP contribution in [0.2, 0.25) is 0 Å². The predicted octanol–water partition coefficient (Wildman–Crippen LogP) is 3.51. The van der Waals surface area contributed by atoms with Gasteiger partial charge in [-0.2, -0.15) is 5.26 Å². The number of rotatable bonds is 5. The molecule has 5 nitrogen and oxygen atoms in total. The Labute approximate surface area is 139 Å². The van der Waals surface area contributed by atoms with E-state index in [0.29, 0.717) is 18.5 Å². The Balaban J connectivity index is 1.51. The van der Waals surface area contributed by atoms with Crippen LogP contribution in [0.3, 0.4) is 0 Å². The van der Waals surface area contributed by atoms with E-state index in [0.717, 1.165) is 22.0 Å². The molecule has 0 aliphatic carbocycles. The van der Waals surface area contributed by atoms with Crippen molar-refractivity contribution in [3.63, 3.8) is 0 Å². The molecule has 0 unspecified atom stereocenters. The van der Waals surface area contributed by atoms with Gasteiger partial charge in [0, 0.05) is 23.6 Å². The number of aromatic amines is 1. The van der Waals surface area contributed by atoms with Crippen molar-refractivity contribution in [2.75, 3.05) is 6.54 Å². The quantitative estimate of drug-likeness (QED) is 0.755. The van der Waals surface area contributed by atoms with E-state index in [4.69, 9.17) is 10.00 Å². The van der Waals surface area contributed by atoms with Crippen molar-refractivity contribution in [1.29, 1.82) is 5.26 Å². The first-order valence-electron chi connectivity index (χ1n) is 7.71. The Hall–Kier alpha value is -3.26. The summed E-state index contributed by atoms with van der Waals surface area (Å²) in [6.07, 6.45) is 2.13. The van der Waals surface area contributed by atoms with E-state index >= 15 is 0 Å². The lowest BCUT2D eigenvalue weighted by molar-refractivity contribution is 0.140. The van der Waals surface area contributed by atoms with Crippen LogP contribution < -0.4 is 5.32 Å². The molecule has 3 rings (SSSR count). The maximum absolute atomic E-state index is 11.7. The third-order valence-electron chi connectivity index (χ3n) is 3.77. The number of nitriles is 1. The number of H-pyrrole nitrogens is 1. The van der Waals surface area contributed by atoms with E-state index in [1.54, 1.807) is 6.07 Å². The minimum Gasteiger partial charge on any atom is -0.445 e. The molecule has 0 radical (unpaired) electrons. The Morgan fingerprint density at radius 1 is 1.21 bits per heavy atom. The van der Waals surface area contributed by atoms with Gasteiger partial charge in [0.05, 0.1) is 11.6 Å². The van der Waals surface area contributed by atoms with Crippen LogP contribution in [0, 0.1) is 11.3 Å². The zero-order valence-electron chi connectivity index (χ0n) is 13.1. The third kappa shape index (κ3) is 3.73. The zero-order chi connectivity index (χ0) is 16.8. The first-order chi connectivity index (χ1) is 11.8. The number of amides is 1. The molecule has 0 bridgehead atoms. The fraction of sp³-hybridized carbons (Fsp3) is 0.158. The molecular formula is C19H17N3O2. The van der Waals surface area contributed by atoms with E-state index in [1.807, 2.05) is 48.7 Å². The molecule has 1 amide bonds. The monoisotopic (exact) mass is 319 g/mol. The molecule has 2 aromatic carbocycles. The summed E-state index contributed by atoms with van der Waals surface area (Å²) >= 11 is 0. The van der Waals surface area contributed by atoms with Gasteiger partial charge in [0.15, 0.2) is 0 Å². The highest BCUT2D eigenvalue weighted by Crippen LogP contribution is 2.19. The van der Waals surface area contributed by atoms with Crippen LogP contribution in [0.15, 0.2) is 54.7 Å². The van der Waals surface area contributed by atoms with E-state index in [9.17, 15) is 4.79 Å².